The van der Waals surface area contributed by atoms with Gasteiger partial charge in [0.25, 0.3) is 0 Å². The van der Waals surface area contributed by atoms with Gasteiger partial charge in [0, 0.05) is 25.9 Å². The molecule has 3 aromatic rings. The Labute approximate surface area is 158 Å². The van der Waals surface area contributed by atoms with E-state index in [-0.39, 0.29) is 11.4 Å². The van der Waals surface area contributed by atoms with Crippen LogP contribution in [0, 0.1) is 13.8 Å². The number of aromatic nitrogens is 2. The second-order valence-corrected chi connectivity index (χ2v) is 7.91. The van der Waals surface area contributed by atoms with Crippen molar-refractivity contribution >= 4 is 22.8 Å². The van der Waals surface area contributed by atoms with Crippen molar-refractivity contribution < 1.29 is 9.53 Å². The third-order valence-corrected chi connectivity index (χ3v) is 5.87. The molecule has 1 spiro atoms. The van der Waals surface area contributed by atoms with E-state index in [0.717, 1.165) is 65.4 Å². The molecular formula is C22H23N3O2. The van der Waals surface area contributed by atoms with E-state index in [4.69, 9.17) is 9.72 Å². The highest BCUT2D eigenvalue weighted by Gasteiger charge is 2.43. The number of hydrogen-bond donors (Lipinski definition) is 1. The largest absolute Gasteiger partial charge is 0.486 e. The number of anilines is 1. The van der Waals surface area contributed by atoms with Crippen LogP contribution < -0.4 is 9.64 Å². The van der Waals surface area contributed by atoms with Gasteiger partial charge in [0.15, 0.2) is 5.78 Å². The Morgan fingerprint density at radius 1 is 1.15 bits per heavy atom. The molecule has 5 heteroatoms. The average Bonchev–Trinajstić information content (AvgIpc) is 3.08. The number of fused-ring (bicyclic) bond motifs is 2. The van der Waals surface area contributed by atoms with E-state index in [9.17, 15) is 4.79 Å². The van der Waals surface area contributed by atoms with Crippen molar-refractivity contribution in [1.82, 2.24) is 9.97 Å². The third kappa shape index (κ3) is 2.69. The molecule has 0 bridgehead atoms. The summed E-state index contributed by atoms with van der Waals surface area (Å²) in [6, 6.07) is 12.1. The molecule has 138 valence electrons. The normalized spacial score (nSPS) is 18.6. The minimum atomic E-state index is -0.382. The van der Waals surface area contributed by atoms with Crippen LogP contribution in [0.3, 0.4) is 0 Å². The van der Waals surface area contributed by atoms with E-state index >= 15 is 0 Å². The maximum atomic E-state index is 12.8. The fourth-order valence-electron chi connectivity index (χ4n) is 4.43. The molecule has 27 heavy (non-hydrogen) atoms. The molecule has 5 rings (SSSR count). The molecule has 0 radical (unpaired) electrons. The zero-order valence-corrected chi connectivity index (χ0v) is 15.7. The Bertz CT molecular complexity index is 1010. The number of carbonyl (C=O) groups is 1. The maximum Gasteiger partial charge on any atom is 0.203 e. The topological polar surface area (TPSA) is 58.2 Å². The van der Waals surface area contributed by atoms with Crippen molar-refractivity contribution in [3.63, 3.8) is 0 Å². The second-order valence-electron chi connectivity index (χ2n) is 7.91. The van der Waals surface area contributed by atoms with E-state index in [1.165, 1.54) is 0 Å². The summed E-state index contributed by atoms with van der Waals surface area (Å²) in [5.74, 6) is 1.90. The monoisotopic (exact) mass is 361 g/mol. The number of H-pyrrole nitrogens is 1. The number of nitrogens with zero attached hydrogens (tertiary/aromatic N) is 2. The summed E-state index contributed by atoms with van der Waals surface area (Å²) in [5, 5.41) is 0. The number of imidazole rings is 1. The highest BCUT2D eigenvalue weighted by atomic mass is 16.5. The molecule has 3 heterocycles. The minimum absolute atomic E-state index is 0.209. The third-order valence-electron chi connectivity index (χ3n) is 5.87. The summed E-state index contributed by atoms with van der Waals surface area (Å²) in [4.78, 5) is 23.2. The van der Waals surface area contributed by atoms with Crippen LogP contribution in [0.5, 0.6) is 5.75 Å². The lowest BCUT2D eigenvalue weighted by atomic mass is 9.81. The van der Waals surface area contributed by atoms with Gasteiger partial charge in [0.05, 0.1) is 23.0 Å². The summed E-state index contributed by atoms with van der Waals surface area (Å²) in [5.41, 5.74) is 4.56. The Hall–Kier alpha value is -2.82. The highest BCUT2D eigenvalue weighted by Crippen LogP contribution is 2.41. The quantitative estimate of drug-likeness (QED) is 0.706. The van der Waals surface area contributed by atoms with E-state index in [1.54, 1.807) is 0 Å². The van der Waals surface area contributed by atoms with Crippen molar-refractivity contribution in [2.24, 2.45) is 0 Å². The molecule has 2 aromatic carbocycles. The van der Waals surface area contributed by atoms with Gasteiger partial charge < -0.3 is 14.6 Å². The standard InChI is InChI=1S/C22H23N3O2/c1-14-11-15(2)20-16(12-14)19(26)13-22(27-20)7-9-25(10-8-22)21-23-17-5-3-4-6-18(17)24-21/h3-6,11-12H,7-10,13H2,1-2H3,(H,23,24). The van der Waals surface area contributed by atoms with Crippen molar-refractivity contribution in [2.75, 3.05) is 18.0 Å². The number of carbonyl (C=O) groups excluding carboxylic acids is 1. The fourth-order valence-corrected chi connectivity index (χ4v) is 4.43. The summed E-state index contributed by atoms with van der Waals surface area (Å²) in [6.07, 6.45) is 2.11. The lowest BCUT2D eigenvalue weighted by molar-refractivity contribution is 0.0224. The number of hydrogen-bond acceptors (Lipinski definition) is 4. The first kappa shape index (κ1) is 16.4. The van der Waals surface area contributed by atoms with Crippen LogP contribution in [0.25, 0.3) is 11.0 Å². The van der Waals surface area contributed by atoms with Gasteiger partial charge in [-0.15, -0.1) is 0 Å². The van der Waals surface area contributed by atoms with E-state index in [2.05, 4.69) is 16.0 Å². The first-order chi connectivity index (χ1) is 13.0. The van der Waals surface area contributed by atoms with Crippen molar-refractivity contribution in [3.05, 3.63) is 53.1 Å². The first-order valence-electron chi connectivity index (χ1n) is 9.56. The molecule has 0 saturated carbocycles. The molecule has 0 amide bonds. The van der Waals surface area contributed by atoms with Crippen LogP contribution in [0.1, 0.15) is 40.7 Å². The maximum absolute atomic E-state index is 12.8. The van der Waals surface area contributed by atoms with E-state index in [1.807, 2.05) is 44.2 Å². The van der Waals surface area contributed by atoms with Gasteiger partial charge in [-0.2, -0.15) is 0 Å². The number of ketones is 1. The van der Waals surface area contributed by atoms with Crippen LogP contribution in [-0.4, -0.2) is 34.4 Å². The zero-order chi connectivity index (χ0) is 18.6. The number of Topliss-reactive ketones (excluding diaryl/α,β-unsaturated/α-hetero) is 1. The molecule has 0 unspecified atom stereocenters. The molecule has 1 saturated heterocycles. The summed E-state index contributed by atoms with van der Waals surface area (Å²) >= 11 is 0. The zero-order valence-electron chi connectivity index (χ0n) is 15.7. The molecule has 2 aliphatic heterocycles. The van der Waals surface area contributed by atoms with Gasteiger partial charge >= 0.3 is 0 Å². The fraction of sp³-hybridized carbons (Fsp3) is 0.364. The van der Waals surface area contributed by atoms with Crippen molar-refractivity contribution in [2.45, 2.75) is 38.7 Å². The second kappa shape index (κ2) is 5.84. The average molecular weight is 361 g/mol. The number of ether oxygens (including phenoxy) is 1. The number of para-hydroxylation sites is 2. The molecular weight excluding hydrogens is 338 g/mol. The van der Waals surface area contributed by atoms with Gasteiger partial charge in [-0.3, -0.25) is 4.79 Å². The van der Waals surface area contributed by atoms with Crippen LogP contribution in [-0.2, 0) is 0 Å². The first-order valence-corrected chi connectivity index (χ1v) is 9.56. The summed E-state index contributed by atoms with van der Waals surface area (Å²) < 4.78 is 6.48. The number of nitrogens with one attached hydrogen (secondary N) is 1. The van der Waals surface area contributed by atoms with Crippen LogP contribution in [0.4, 0.5) is 5.95 Å². The Morgan fingerprint density at radius 3 is 2.70 bits per heavy atom. The smallest absolute Gasteiger partial charge is 0.203 e. The Kier molecular flexibility index (Phi) is 3.54. The van der Waals surface area contributed by atoms with E-state index in [0.29, 0.717) is 6.42 Å². The van der Waals surface area contributed by atoms with Gasteiger partial charge in [0.2, 0.25) is 5.95 Å². The number of rotatable bonds is 1. The van der Waals surface area contributed by atoms with Crippen LogP contribution >= 0.6 is 0 Å². The molecule has 5 nitrogen and oxygen atoms in total. The lowest BCUT2D eigenvalue weighted by Crippen LogP contribution is -2.51. The highest BCUT2D eigenvalue weighted by molar-refractivity contribution is 6.01. The SMILES string of the molecule is Cc1cc(C)c2c(c1)C(=O)CC1(CCN(c3nc4ccccc4[nH]3)CC1)O2. The molecule has 1 aromatic heterocycles. The number of piperidine rings is 1. The van der Waals surface area contributed by atoms with Gasteiger partial charge in [-0.05, 0) is 43.2 Å². The van der Waals surface area contributed by atoms with Gasteiger partial charge in [-0.1, -0.05) is 18.2 Å². The van der Waals surface area contributed by atoms with Gasteiger partial charge in [-0.25, -0.2) is 4.98 Å². The number of benzene rings is 2. The summed E-state index contributed by atoms with van der Waals surface area (Å²) in [6.45, 7) is 5.71. The molecule has 1 fully saturated rings. The van der Waals surface area contributed by atoms with Crippen LogP contribution in [0.15, 0.2) is 36.4 Å². The predicted molar refractivity (Wildman–Crippen MR) is 106 cm³/mol. The van der Waals surface area contributed by atoms with Gasteiger partial charge in [0.1, 0.15) is 11.4 Å². The number of aromatic amines is 1. The Balaban J connectivity index is 1.39. The summed E-state index contributed by atoms with van der Waals surface area (Å²) in [7, 11) is 0. The number of aryl methyl sites for hydroxylation is 2. The predicted octanol–water partition coefficient (Wildman–Crippen LogP) is 4.18. The van der Waals surface area contributed by atoms with Crippen molar-refractivity contribution in [3.8, 4) is 5.75 Å². The lowest BCUT2D eigenvalue weighted by Gasteiger charge is -2.44. The Morgan fingerprint density at radius 2 is 1.93 bits per heavy atom. The molecule has 2 aliphatic rings. The molecule has 0 atom stereocenters. The minimum Gasteiger partial charge on any atom is -0.486 e. The van der Waals surface area contributed by atoms with E-state index < -0.39 is 0 Å². The molecule has 0 aliphatic carbocycles. The van der Waals surface area contributed by atoms with Crippen LogP contribution in [0.2, 0.25) is 0 Å². The van der Waals surface area contributed by atoms with Crippen molar-refractivity contribution in [1.29, 1.82) is 0 Å². The molecule has 1 N–H and O–H groups in total.